The molecule has 0 saturated carbocycles. The molecule has 3 amide bonds. The molecule has 1 unspecified atom stereocenters. The van der Waals surface area contributed by atoms with Crippen molar-refractivity contribution in [2.75, 3.05) is 45.2 Å². The van der Waals surface area contributed by atoms with Crippen LogP contribution in [0.15, 0.2) is 36.4 Å². The van der Waals surface area contributed by atoms with Gasteiger partial charge in [-0.2, -0.15) is 0 Å². The van der Waals surface area contributed by atoms with Crippen LogP contribution in [0.4, 0.5) is 10.6 Å². The van der Waals surface area contributed by atoms with Crippen LogP contribution < -0.4 is 4.90 Å². The summed E-state index contributed by atoms with van der Waals surface area (Å²) in [5.74, 6) is 0.726. The zero-order valence-corrected chi connectivity index (χ0v) is 17.1. The topological polar surface area (TPSA) is 72.9 Å². The average Bonchev–Trinajstić information content (AvgIpc) is 2.75. The molecule has 8 heteroatoms. The zero-order chi connectivity index (χ0) is 20.5. The van der Waals surface area contributed by atoms with E-state index < -0.39 is 0 Å². The third kappa shape index (κ3) is 3.67. The summed E-state index contributed by atoms with van der Waals surface area (Å²) in [7, 11) is 3.30. The summed E-state index contributed by atoms with van der Waals surface area (Å²) in [6.07, 6.45) is 0.159. The lowest BCUT2D eigenvalue weighted by Crippen LogP contribution is -2.62. The second kappa shape index (κ2) is 7.79. The van der Waals surface area contributed by atoms with E-state index in [2.05, 4.69) is 39.1 Å². The second-order valence-electron chi connectivity index (χ2n) is 7.65. The smallest absolute Gasteiger partial charge is 0.327 e. The molecule has 2 saturated heterocycles. The fourth-order valence-electron chi connectivity index (χ4n) is 4.02. The summed E-state index contributed by atoms with van der Waals surface area (Å²) < 4.78 is 0. The molecule has 152 valence electrons. The molecule has 0 aliphatic carbocycles. The normalized spacial score (nSPS) is 21.1. The summed E-state index contributed by atoms with van der Waals surface area (Å²) in [6.45, 7) is 5.16. The lowest BCUT2D eigenvalue weighted by molar-refractivity contribution is -0.134. The molecule has 29 heavy (non-hydrogen) atoms. The first-order chi connectivity index (χ1) is 14.0. The number of hydrogen-bond donors (Lipinski definition) is 0. The predicted octanol–water partition coefficient (Wildman–Crippen LogP) is 1.81. The van der Waals surface area contributed by atoms with Crippen molar-refractivity contribution in [3.8, 4) is 11.3 Å². The van der Waals surface area contributed by atoms with Gasteiger partial charge in [0.2, 0.25) is 5.91 Å². The highest BCUT2D eigenvalue weighted by atomic mass is 16.2. The molecule has 0 N–H and O–H groups in total. The number of piperazine rings is 1. The molecule has 1 atom stereocenters. The van der Waals surface area contributed by atoms with E-state index in [9.17, 15) is 9.59 Å². The number of urea groups is 1. The minimum atomic E-state index is -0.244. The molecular weight excluding hydrogens is 368 g/mol. The molecule has 2 aliphatic rings. The Morgan fingerprint density at radius 3 is 2.31 bits per heavy atom. The standard InChI is InChI=1S/C21H26N6O2/c1-15-6-4-5-7-16(15)17-8-9-18(23-22-17)26-10-12-27(13-11-26)19-14-20(28)25(3)21(29)24(19)2/h4-9,19H,10-14H2,1-3H3. The maximum absolute atomic E-state index is 12.2. The van der Waals surface area contributed by atoms with Gasteiger partial charge in [-0.25, -0.2) is 4.79 Å². The second-order valence-corrected chi connectivity index (χ2v) is 7.65. The minimum absolute atomic E-state index is 0.127. The number of benzene rings is 1. The first-order valence-electron chi connectivity index (χ1n) is 9.88. The number of carbonyl (C=O) groups excluding carboxylic acids is 2. The Hall–Kier alpha value is -3.00. The summed E-state index contributed by atoms with van der Waals surface area (Å²) >= 11 is 0. The van der Waals surface area contributed by atoms with Gasteiger partial charge in [-0.05, 0) is 24.6 Å². The van der Waals surface area contributed by atoms with Crippen LogP contribution in [-0.2, 0) is 4.79 Å². The van der Waals surface area contributed by atoms with Gasteiger partial charge in [0, 0.05) is 45.8 Å². The summed E-state index contributed by atoms with van der Waals surface area (Å²) in [5.41, 5.74) is 3.14. The molecule has 0 spiro atoms. The van der Waals surface area contributed by atoms with Gasteiger partial charge in [0.1, 0.15) is 0 Å². The highest BCUT2D eigenvalue weighted by molar-refractivity contribution is 5.96. The van der Waals surface area contributed by atoms with Crippen LogP contribution in [-0.4, -0.2) is 83.3 Å². The van der Waals surface area contributed by atoms with Crippen molar-refractivity contribution in [3.63, 3.8) is 0 Å². The maximum Gasteiger partial charge on any atom is 0.327 e. The van der Waals surface area contributed by atoms with E-state index in [1.165, 1.54) is 17.5 Å². The zero-order valence-electron chi connectivity index (χ0n) is 17.1. The first-order valence-corrected chi connectivity index (χ1v) is 9.88. The maximum atomic E-state index is 12.2. The van der Waals surface area contributed by atoms with Crippen molar-refractivity contribution in [1.29, 1.82) is 0 Å². The highest BCUT2D eigenvalue weighted by Gasteiger charge is 2.38. The van der Waals surface area contributed by atoms with Crippen LogP contribution in [0.1, 0.15) is 12.0 Å². The summed E-state index contributed by atoms with van der Waals surface area (Å²) in [6, 6.07) is 11.9. The minimum Gasteiger partial charge on any atom is -0.353 e. The van der Waals surface area contributed by atoms with Crippen LogP contribution in [0, 0.1) is 6.92 Å². The van der Waals surface area contributed by atoms with Crippen LogP contribution >= 0.6 is 0 Å². The number of anilines is 1. The SMILES string of the molecule is Cc1ccccc1-c1ccc(N2CCN(C3CC(=O)N(C)C(=O)N3C)CC2)nn1. The fourth-order valence-corrected chi connectivity index (χ4v) is 4.02. The highest BCUT2D eigenvalue weighted by Crippen LogP contribution is 2.24. The Balaban J connectivity index is 1.40. The number of rotatable bonds is 3. The molecule has 2 aliphatic heterocycles. The van der Waals surface area contributed by atoms with Gasteiger partial charge in [-0.1, -0.05) is 24.3 Å². The third-order valence-electron chi connectivity index (χ3n) is 5.90. The molecule has 0 radical (unpaired) electrons. The fraction of sp³-hybridized carbons (Fsp3) is 0.429. The summed E-state index contributed by atoms with van der Waals surface area (Å²) in [5, 5.41) is 8.86. The van der Waals surface area contributed by atoms with Crippen LogP contribution in [0.3, 0.4) is 0 Å². The number of aryl methyl sites for hydroxylation is 1. The van der Waals surface area contributed by atoms with Crippen LogP contribution in [0.5, 0.6) is 0 Å². The van der Waals surface area contributed by atoms with Gasteiger partial charge < -0.3 is 9.80 Å². The first kappa shape index (κ1) is 19.3. The van der Waals surface area contributed by atoms with Gasteiger partial charge >= 0.3 is 6.03 Å². The number of nitrogens with zero attached hydrogens (tertiary/aromatic N) is 6. The molecule has 2 fully saturated rings. The largest absolute Gasteiger partial charge is 0.353 e. The van der Waals surface area contributed by atoms with Gasteiger partial charge in [0.05, 0.1) is 18.3 Å². The van der Waals surface area contributed by atoms with E-state index in [1.54, 1.807) is 11.9 Å². The lowest BCUT2D eigenvalue weighted by atomic mass is 10.1. The van der Waals surface area contributed by atoms with Crippen molar-refractivity contribution in [1.82, 2.24) is 24.9 Å². The molecule has 0 bridgehead atoms. The Bertz CT molecular complexity index is 908. The average molecular weight is 394 g/mol. The van der Waals surface area contributed by atoms with E-state index >= 15 is 0 Å². The number of imide groups is 1. The van der Waals surface area contributed by atoms with Crippen molar-refractivity contribution in [2.45, 2.75) is 19.5 Å². The van der Waals surface area contributed by atoms with E-state index in [-0.39, 0.29) is 18.1 Å². The van der Waals surface area contributed by atoms with Gasteiger partial charge in [-0.3, -0.25) is 14.6 Å². The van der Waals surface area contributed by atoms with Gasteiger partial charge in [-0.15, -0.1) is 10.2 Å². The number of aromatic nitrogens is 2. The number of hydrogen-bond acceptors (Lipinski definition) is 6. The monoisotopic (exact) mass is 394 g/mol. The Morgan fingerprint density at radius 1 is 0.931 bits per heavy atom. The van der Waals surface area contributed by atoms with Crippen molar-refractivity contribution >= 4 is 17.8 Å². The molecular formula is C21H26N6O2. The molecule has 1 aromatic heterocycles. The quantitative estimate of drug-likeness (QED) is 0.791. The molecule has 1 aromatic carbocycles. The van der Waals surface area contributed by atoms with E-state index in [4.69, 9.17) is 0 Å². The summed E-state index contributed by atoms with van der Waals surface area (Å²) in [4.78, 5) is 31.6. The van der Waals surface area contributed by atoms with Gasteiger partial charge in [0.15, 0.2) is 5.82 Å². The lowest BCUT2D eigenvalue weighted by Gasteiger charge is -2.45. The van der Waals surface area contributed by atoms with Crippen LogP contribution in [0.2, 0.25) is 0 Å². The molecule has 8 nitrogen and oxygen atoms in total. The van der Waals surface area contributed by atoms with Gasteiger partial charge in [0.25, 0.3) is 0 Å². The van der Waals surface area contributed by atoms with E-state index in [0.29, 0.717) is 6.42 Å². The molecule has 3 heterocycles. The third-order valence-corrected chi connectivity index (χ3v) is 5.90. The Kier molecular flexibility index (Phi) is 5.19. The molecule has 4 rings (SSSR count). The Labute approximate surface area is 170 Å². The Morgan fingerprint density at radius 2 is 1.66 bits per heavy atom. The van der Waals surface area contributed by atoms with E-state index in [0.717, 1.165) is 43.3 Å². The van der Waals surface area contributed by atoms with Crippen molar-refractivity contribution in [2.24, 2.45) is 0 Å². The van der Waals surface area contributed by atoms with Crippen molar-refractivity contribution in [3.05, 3.63) is 42.0 Å². The molecule has 2 aromatic rings. The number of carbonyl (C=O) groups is 2. The predicted molar refractivity (Wildman–Crippen MR) is 110 cm³/mol. The van der Waals surface area contributed by atoms with Crippen molar-refractivity contribution < 1.29 is 9.59 Å². The number of amides is 3. The van der Waals surface area contributed by atoms with E-state index in [1.807, 2.05) is 24.3 Å². The van der Waals surface area contributed by atoms with Crippen LogP contribution in [0.25, 0.3) is 11.3 Å².